The van der Waals surface area contributed by atoms with Crippen LogP contribution >= 0.6 is 0 Å². The first-order valence-electron chi connectivity index (χ1n) is 11.4. The first-order valence-corrected chi connectivity index (χ1v) is 11.4. The van der Waals surface area contributed by atoms with E-state index in [-0.39, 0.29) is 23.7 Å². The Morgan fingerprint density at radius 1 is 1.13 bits per heavy atom. The number of piperidine rings is 1. The third-order valence-corrected chi connectivity index (χ3v) is 6.16. The number of ether oxygens (including phenoxy) is 1. The van der Waals surface area contributed by atoms with Crippen molar-refractivity contribution in [2.75, 3.05) is 38.1 Å². The molecule has 0 unspecified atom stereocenters. The van der Waals surface area contributed by atoms with E-state index in [2.05, 4.69) is 10.2 Å². The standard InChI is InChI=1S/C24H35N3O4/c1-4-31-24(30)19-9-12-26(13-10-19)23(29)11-14-27(20-7-8-20)16-22(28)25-21-15-17(2)5-6-18(21)3/h5-6,15,19-20H,4,7-14,16H2,1-3H3,(H,25,28). The van der Waals surface area contributed by atoms with Gasteiger partial charge in [-0.3, -0.25) is 19.3 Å². The Hall–Kier alpha value is -2.41. The number of carbonyl (C=O) groups is 3. The van der Waals surface area contributed by atoms with E-state index in [9.17, 15) is 14.4 Å². The van der Waals surface area contributed by atoms with Crippen LogP contribution in [-0.2, 0) is 19.1 Å². The van der Waals surface area contributed by atoms with Crippen LogP contribution in [0.5, 0.6) is 0 Å². The molecule has 1 aliphatic heterocycles. The number of rotatable bonds is 9. The van der Waals surface area contributed by atoms with Gasteiger partial charge in [-0.25, -0.2) is 0 Å². The van der Waals surface area contributed by atoms with E-state index in [1.807, 2.05) is 43.9 Å². The largest absolute Gasteiger partial charge is 0.466 e. The van der Waals surface area contributed by atoms with E-state index in [0.29, 0.717) is 58.1 Å². The number of nitrogens with zero attached hydrogens (tertiary/aromatic N) is 2. The molecule has 1 saturated carbocycles. The predicted molar refractivity (Wildman–Crippen MR) is 120 cm³/mol. The maximum Gasteiger partial charge on any atom is 0.309 e. The molecular weight excluding hydrogens is 394 g/mol. The number of likely N-dealkylation sites (tertiary alicyclic amines) is 1. The first kappa shape index (κ1) is 23.3. The molecule has 31 heavy (non-hydrogen) atoms. The molecule has 0 aromatic heterocycles. The van der Waals surface area contributed by atoms with Crippen LogP contribution < -0.4 is 5.32 Å². The fourth-order valence-electron chi connectivity index (χ4n) is 4.10. The van der Waals surface area contributed by atoms with Gasteiger partial charge in [0, 0.05) is 37.8 Å². The molecular formula is C24H35N3O4. The summed E-state index contributed by atoms with van der Waals surface area (Å²) >= 11 is 0. The number of amides is 2. The molecule has 1 aromatic carbocycles. The number of anilines is 1. The fraction of sp³-hybridized carbons (Fsp3) is 0.625. The Morgan fingerprint density at radius 2 is 1.84 bits per heavy atom. The highest BCUT2D eigenvalue weighted by molar-refractivity contribution is 5.93. The lowest BCUT2D eigenvalue weighted by Gasteiger charge is -2.31. The highest BCUT2D eigenvalue weighted by Gasteiger charge is 2.32. The highest BCUT2D eigenvalue weighted by Crippen LogP contribution is 2.27. The monoisotopic (exact) mass is 429 g/mol. The summed E-state index contributed by atoms with van der Waals surface area (Å²) in [4.78, 5) is 41.2. The van der Waals surface area contributed by atoms with Gasteiger partial charge in [-0.1, -0.05) is 12.1 Å². The van der Waals surface area contributed by atoms with E-state index in [1.165, 1.54) is 0 Å². The Bertz CT molecular complexity index is 798. The summed E-state index contributed by atoms with van der Waals surface area (Å²) in [5.41, 5.74) is 3.00. The molecule has 0 spiro atoms. The lowest BCUT2D eigenvalue weighted by atomic mass is 9.97. The SMILES string of the molecule is CCOC(=O)C1CCN(C(=O)CCN(CC(=O)Nc2cc(C)ccc2C)C2CC2)CC1. The minimum Gasteiger partial charge on any atom is -0.466 e. The lowest BCUT2D eigenvalue weighted by molar-refractivity contribution is -0.151. The van der Waals surface area contributed by atoms with Crippen LogP contribution in [0.1, 0.15) is 50.2 Å². The molecule has 0 bridgehead atoms. The van der Waals surface area contributed by atoms with Crippen molar-refractivity contribution in [3.8, 4) is 0 Å². The Labute approximate surface area is 185 Å². The number of benzene rings is 1. The van der Waals surface area contributed by atoms with Gasteiger partial charge in [-0.2, -0.15) is 0 Å². The number of aryl methyl sites for hydroxylation is 2. The van der Waals surface area contributed by atoms with Gasteiger partial charge >= 0.3 is 5.97 Å². The van der Waals surface area contributed by atoms with Crippen LogP contribution in [0.15, 0.2) is 18.2 Å². The minimum absolute atomic E-state index is 0.0386. The van der Waals surface area contributed by atoms with Gasteiger partial charge in [-0.15, -0.1) is 0 Å². The third-order valence-electron chi connectivity index (χ3n) is 6.16. The molecule has 0 atom stereocenters. The summed E-state index contributed by atoms with van der Waals surface area (Å²) in [5.74, 6) is -0.184. The van der Waals surface area contributed by atoms with E-state index in [0.717, 1.165) is 29.7 Å². The molecule has 3 rings (SSSR count). The van der Waals surface area contributed by atoms with Crippen molar-refractivity contribution in [2.24, 2.45) is 5.92 Å². The maximum absolute atomic E-state index is 12.7. The molecule has 1 aromatic rings. The first-order chi connectivity index (χ1) is 14.9. The van der Waals surface area contributed by atoms with Crippen molar-refractivity contribution in [3.63, 3.8) is 0 Å². The van der Waals surface area contributed by atoms with E-state index in [1.54, 1.807) is 0 Å². The molecule has 7 nitrogen and oxygen atoms in total. The molecule has 2 fully saturated rings. The summed E-state index contributed by atoms with van der Waals surface area (Å²) in [7, 11) is 0. The molecule has 2 amide bonds. The second-order valence-corrected chi connectivity index (χ2v) is 8.73. The van der Waals surface area contributed by atoms with Crippen LogP contribution in [0.25, 0.3) is 0 Å². The van der Waals surface area contributed by atoms with Crippen LogP contribution in [0.4, 0.5) is 5.69 Å². The molecule has 1 heterocycles. The second-order valence-electron chi connectivity index (χ2n) is 8.73. The van der Waals surface area contributed by atoms with Gasteiger partial charge in [-0.05, 0) is 63.6 Å². The second kappa shape index (κ2) is 10.8. The van der Waals surface area contributed by atoms with Crippen molar-refractivity contribution in [3.05, 3.63) is 29.3 Å². The van der Waals surface area contributed by atoms with Crippen molar-refractivity contribution >= 4 is 23.5 Å². The number of nitrogens with one attached hydrogen (secondary N) is 1. The Kier molecular flexibility index (Phi) is 8.07. The molecule has 1 N–H and O–H groups in total. The topological polar surface area (TPSA) is 79.0 Å². The van der Waals surface area contributed by atoms with Crippen LogP contribution in [0, 0.1) is 19.8 Å². The fourth-order valence-corrected chi connectivity index (χ4v) is 4.10. The predicted octanol–water partition coefficient (Wildman–Crippen LogP) is 2.90. The van der Waals surface area contributed by atoms with Gasteiger partial charge in [0.25, 0.3) is 0 Å². The zero-order valence-electron chi connectivity index (χ0n) is 19.0. The van der Waals surface area contributed by atoms with Crippen molar-refractivity contribution < 1.29 is 19.1 Å². The normalized spacial score (nSPS) is 17.0. The van der Waals surface area contributed by atoms with E-state index in [4.69, 9.17) is 4.74 Å². The molecule has 7 heteroatoms. The van der Waals surface area contributed by atoms with Crippen LogP contribution in [-0.4, -0.2) is 66.4 Å². The van der Waals surface area contributed by atoms with Crippen LogP contribution in [0.2, 0.25) is 0 Å². The number of hydrogen-bond donors (Lipinski definition) is 1. The molecule has 1 aliphatic carbocycles. The van der Waals surface area contributed by atoms with Gasteiger partial charge < -0.3 is 15.0 Å². The third kappa shape index (κ3) is 6.79. The summed E-state index contributed by atoms with van der Waals surface area (Å²) in [5, 5.41) is 3.02. The quantitative estimate of drug-likeness (QED) is 0.611. The molecule has 2 aliphatic rings. The molecule has 170 valence electrons. The zero-order chi connectivity index (χ0) is 22.4. The maximum atomic E-state index is 12.7. The summed E-state index contributed by atoms with van der Waals surface area (Å²) in [6.07, 6.45) is 3.88. The Balaban J connectivity index is 1.45. The summed E-state index contributed by atoms with van der Waals surface area (Å²) in [6.45, 7) is 8.27. The average Bonchev–Trinajstić information content (AvgIpc) is 3.59. The van der Waals surface area contributed by atoms with E-state index < -0.39 is 0 Å². The van der Waals surface area contributed by atoms with Crippen molar-refractivity contribution in [1.29, 1.82) is 0 Å². The van der Waals surface area contributed by atoms with E-state index >= 15 is 0 Å². The zero-order valence-corrected chi connectivity index (χ0v) is 19.0. The average molecular weight is 430 g/mol. The number of carbonyl (C=O) groups excluding carboxylic acids is 3. The minimum atomic E-state index is -0.149. The van der Waals surface area contributed by atoms with Gasteiger partial charge in [0.2, 0.25) is 11.8 Å². The molecule has 0 radical (unpaired) electrons. The molecule has 1 saturated heterocycles. The van der Waals surface area contributed by atoms with Gasteiger partial charge in [0.05, 0.1) is 19.1 Å². The smallest absolute Gasteiger partial charge is 0.309 e. The Morgan fingerprint density at radius 3 is 2.48 bits per heavy atom. The summed E-state index contributed by atoms with van der Waals surface area (Å²) in [6, 6.07) is 6.42. The van der Waals surface area contributed by atoms with Gasteiger partial charge in [0.1, 0.15) is 0 Å². The van der Waals surface area contributed by atoms with Crippen LogP contribution in [0.3, 0.4) is 0 Å². The van der Waals surface area contributed by atoms with Gasteiger partial charge in [0.15, 0.2) is 0 Å². The highest BCUT2D eigenvalue weighted by atomic mass is 16.5. The van der Waals surface area contributed by atoms with Crippen molar-refractivity contribution in [2.45, 2.75) is 58.9 Å². The number of hydrogen-bond acceptors (Lipinski definition) is 5. The summed E-state index contributed by atoms with van der Waals surface area (Å²) < 4.78 is 5.10. The lowest BCUT2D eigenvalue weighted by Crippen LogP contribution is -2.43. The number of esters is 1. The van der Waals surface area contributed by atoms with Crippen molar-refractivity contribution in [1.82, 2.24) is 9.80 Å².